The molecule has 0 saturated heterocycles. The van der Waals surface area contributed by atoms with Gasteiger partial charge in [-0.15, -0.1) is 11.3 Å². The van der Waals surface area contributed by atoms with Crippen LogP contribution in [0.1, 0.15) is 46.0 Å². The van der Waals surface area contributed by atoms with Crippen molar-refractivity contribution in [3.8, 4) is 5.75 Å². The number of hydrogen-bond acceptors (Lipinski definition) is 6. The summed E-state index contributed by atoms with van der Waals surface area (Å²) in [6.07, 6.45) is 1.50. The fraction of sp³-hybridized carbons (Fsp3) is 0.304. The van der Waals surface area contributed by atoms with Gasteiger partial charge in [-0.3, -0.25) is 4.79 Å². The van der Waals surface area contributed by atoms with E-state index in [1.54, 1.807) is 11.4 Å². The molecule has 1 amide bonds. The Kier molecular flexibility index (Phi) is 6.31. The first-order valence-corrected chi connectivity index (χ1v) is 10.5. The highest BCUT2D eigenvalue weighted by Crippen LogP contribution is 2.39. The molecule has 0 atom stereocenters. The van der Waals surface area contributed by atoms with Gasteiger partial charge < -0.3 is 19.2 Å². The molecule has 0 radical (unpaired) electrons. The molecule has 0 aliphatic carbocycles. The van der Waals surface area contributed by atoms with Gasteiger partial charge in [0.2, 0.25) is 5.91 Å². The second-order valence-corrected chi connectivity index (χ2v) is 7.86. The molecule has 6 nitrogen and oxygen atoms in total. The molecule has 0 aliphatic rings. The average Bonchev–Trinajstić information content (AvgIpc) is 3.28. The molecule has 0 saturated carbocycles. The fourth-order valence-corrected chi connectivity index (χ4v) is 4.10. The second kappa shape index (κ2) is 8.75. The SMILES string of the molecule is CCOc1c(/C(C)=C/C(=O)Nc2ccsc2C(=O)OC)cc2c(C)c(C)oc2c1C. The third-order valence-electron chi connectivity index (χ3n) is 5.00. The van der Waals surface area contributed by atoms with Crippen molar-refractivity contribution in [1.29, 1.82) is 0 Å². The molecule has 1 N–H and O–H groups in total. The Balaban J connectivity index is 2.00. The number of furan rings is 1. The van der Waals surface area contributed by atoms with Crippen molar-refractivity contribution in [2.24, 2.45) is 0 Å². The third-order valence-corrected chi connectivity index (χ3v) is 5.90. The van der Waals surface area contributed by atoms with Crippen LogP contribution in [0.15, 0.2) is 28.0 Å². The molecule has 0 bridgehead atoms. The Bertz CT molecular complexity index is 1150. The van der Waals surface area contributed by atoms with Gasteiger partial charge in [0, 0.05) is 22.6 Å². The molecule has 0 unspecified atom stereocenters. The highest BCUT2D eigenvalue weighted by Gasteiger charge is 2.19. The topological polar surface area (TPSA) is 77.8 Å². The van der Waals surface area contributed by atoms with Gasteiger partial charge in [0.15, 0.2) is 0 Å². The van der Waals surface area contributed by atoms with Gasteiger partial charge in [0.1, 0.15) is 22.0 Å². The van der Waals surface area contributed by atoms with Gasteiger partial charge in [-0.1, -0.05) is 0 Å². The molecule has 0 fully saturated rings. The zero-order valence-corrected chi connectivity index (χ0v) is 18.8. The molecule has 2 heterocycles. The number of hydrogen-bond donors (Lipinski definition) is 1. The molecule has 3 aromatic rings. The average molecular weight is 428 g/mol. The van der Waals surface area contributed by atoms with Crippen LogP contribution < -0.4 is 10.1 Å². The summed E-state index contributed by atoms with van der Waals surface area (Å²) in [7, 11) is 1.31. The lowest BCUT2D eigenvalue weighted by Crippen LogP contribution is -2.11. The summed E-state index contributed by atoms with van der Waals surface area (Å²) >= 11 is 1.22. The van der Waals surface area contributed by atoms with E-state index in [4.69, 9.17) is 13.9 Å². The smallest absolute Gasteiger partial charge is 0.350 e. The number of allylic oxidation sites excluding steroid dienone is 1. The number of methoxy groups -OCH3 is 1. The summed E-state index contributed by atoms with van der Waals surface area (Å²) in [5.74, 6) is 0.744. The van der Waals surface area contributed by atoms with Crippen LogP contribution in [0.25, 0.3) is 16.5 Å². The van der Waals surface area contributed by atoms with E-state index in [0.717, 1.165) is 39.0 Å². The van der Waals surface area contributed by atoms with Crippen LogP contribution in [0.2, 0.25) is 0 Å². The van der Waals surface area contributed by atoms with E-state index in [-0.39, 0.29) is 5.91 Å². The van der Waals surface area contributed by atoms with Crippen molar-refractivity contribution in [2.45, 2.75) is 34.6 Å². The number of ether oxygens (including phenoxy) is 2. The molecule has 0 aliphatic heterocycles. The maximum absolute atomic E-state index is 12.7. The lowest BCUT2D eigenvalue weighted by atomic mass is 9.98. The summed E-state index contributed by atoms with van der Waals surface area (Å²) in [6.45, 7) is 10.2. The van der Waals surface area contributed by atoms with E-state index in [0.29, 0.717) is 22.9 Å². The number of nitrogens with one attached hydrogen (secondary N) is 1. The minimum Gasteiger partial charge on any atom is -0.493 e. The van der Waals surface area contributed by atoms with E-state index in [1.165, 1.54) is 24.5 Å². The monoisotopic (exact) mass is 427 g/mol. The van der Waals surface area contributed by atoms with E-state index < -0.39 is 5.97 Å². The van der Waals surface area contributed by atoms with E-state index in [1.807, 2.05) is 40.7 Å². The summed E-state index contributed by atoms with van der Waals surface area (Å²) in [4.78, 5) is 24.8. The van der Waals surface area contributed by atoms with Crippen LogP contribution >= 0.6 is 11.3 Å². The molecule has 30 heavy (non-hydrogen) atoms. The van der Waals surface area contributed by atoms with Gasteiger partial charge >= 0.3 is 5.97 Å². The maximum Gasteiger partial charge on any atom is 0.350 e. The van der Waals surface area contributed by atoms with Crippen molar-refractivity contribution in [3.05, 3.63) is 50.9 Å². The summed E-state index contributed by atoms with van der Waals surface area (Å²) in [5.41, 5.74) is 4.78. The molecule has 2 aromatic heterocycles. The van der Waals surface area contributed by atoms with Gasteiger partial charge in [-0.25, -0.2) is 4.79 Å². The van der Waals surface area contributed by atoms with E-state index in [2.05, 4.69) is 5.32 Å². The number of carbonyl (C=O) groups is 2. The van der Waals surface area contributed by atoms with Crippen molar-refractivity contribution in [3.63, 3.8) is 0 Å². The highest BCUT2D eigenvalue weighted by molar-refractivity contribution is 7.12. The Hall–Kier alpha value is -3.06. The van der Waals surface area contributed by atoms with Crippen LogP contribution in [0, 0.1) is 20.8 Å². The first kappa shape index (κ1) is 21.6. The van der Waals surface area contributed by atoms with Crippen molar-refractivity contribution in [2.75, 3.05) is 19.0 Å². The van der Waals surface area contributed by atoms with Gasteiger partial charge in [-0.05, 0) is 63.3 Å². The molecule has 0 spiro atoms. The van der Waals surface area contributed by atoms with Crippen molar-refractivity contribution in [1.82, 2.24) is 0 Å². The van der Waals surface area contributed by atoms with E-state index in [9.17, 15) is 9.59 Å². The van der Waals surface area contributed by atoms with Crippen LogP contribution in [-0.2, 0) is 9.53 Å². The van der Waals surface area contributed by atoms with Crippen molar-refractivity contribution < 1.29 is 23.5 Å². The normalized spacial score (nSPS) is 11.6. The number of esters is 1. The quantitative estimate of drug-likeness (QED) is 0.406. The van der Waals surface area contributed by atoms with Gasteiger partial charge in [0.25, 0.3) is 0 Å². The number of fused-ring (bicyclic) bond motifs is 1. The zero-order valence-electron chi connectivity index (χ0n) is 18.0. The van der Waals surface area contributed by atoms with Crippen LogP contribution in [0.4, 0.5) is 5.69 Å². The lowest BCUT2D eigenvalue weighted by Gasteiger charge is -2.14. The highest BCUT2D eigenvalue weighted by atomic mass is 32.1. The second-order valence-electron chi connectivity index (χ2n) is 6.94. The zero-order chi connectivity index (χ0) is 22.0. The van der Waals surface area contributed by atoms with E-state index >= 15 is 0 Å². The first-order chi connectivity index (χ1) is 14.3. The molecule has 1 aromatic carbocycles. The number of anilines is 1. The summed E-state index contributed by atoms with van der Waals surface area (Å²) in [5, 5.41) is 5.49. The van der Waals surface area contributed by atoms with Crippen LogP contribution in [0.3, 0.4) is 0 Å². The Morgan fingerprint density at radius 2 is 1.97 bits per heavy atom. The van der Waals surface area contributed by atoms with Crippen molar-refractivity contribution >= 4 is 45.4 Å². The fourth-order valence-electron chi connectivity index (χ4n) is 3.34. The number of carbonyl (C=O) groups excluding carboxylic acids is 2. The Morgan fingerprint density at radius 3 is 2.63 bits per heavy atom. The standard InChI is InChI=1S/C23H25NO5S/c1-7-28-20-14(4)21-17(13(3)15(5)29-21)11-16(20)12(2)10-19(25)24-18-8-9-30-22(18)23(26)27-6/h8-11H,7H2,1-6H3,(H,24,25)/b12-10+. The lowest BCUT2D eigenvalue weighted by molar-refractivity contribution is -0.111. The minimum absolute atomic E-state index is 0.337. The molecule has 158 valence electrons. The summed E-state index contributed by atoms with van der Waals surface area (Å²) < 4.78 is 16.6. The largest absolute Gasteiger partial charge is 0.493 e. The Morgan fingerprint density at radius 1 is 1.23 bits per heavy atom. The number of aryl methyl sites for hydroxylation is 3. The first-order valence-electron chi connectivity index (χ1n) is 9.60. The molecular formula is C23H25NO5S. The van der Waals surface area contributed by atoms with Crippen LogP contribution in [-0.4, -0.2) is 25.6 Å². The molecule has 3 rings (SSSR count). The molecule has 7 heteroatoms. The van der Waals surface area contributed by atoms with Crippen LogP contribution in [0.5, 0.6) is 5.75 Å². The number of rotatable bonds is 6. The number of amides is 1. The Labute approximate surface area is 179 Å². The van der Waals surface area contributed by atoms with Gasteiger partial charge in [-0.2, -0.15) is 0 Å². The minimum atomic E-state index is -0.480. The predicted octanol–water partition coefficient (Wildman–Crippen LogP) is 5.65. The van der Waals surface area contributed by atoms with Gasteiger partial charge in [0.05, 0.1) is 19.4 Å². The number of thiophene rings is 1. The third kappa shape index (κ3) is 3.98. The molecular weight excluding hydrogens is 402 g/mol. The summed E-state index contributed by atoms with van der Waals surface area (Å²) in [6, 6.07) is 3.68. The predicted molar refractivity (Wildman–Crippen MR) is 120 cm³/mol. The maximum atomic E-state index is 12.7. The number of benzene rings is 1.